The van der Waals surface area contributed by atoms with E-state index in [1.165, 1.54) is 4.57 Å². The minimum atomic E-state index is -0.709. The predicted octanol–water partition coefficient (Wildman–Crippen LogP) is 1.97. The summed E-state index contributed by atoms with van der Waals surface area (Å²) in [6.07, 6.45) is 6.63. The highest BCUT2D eigenvalue weighted by molar-refractivity contribution is 5.99. The molecule has 5 N–H and O–H groups in total. The number of amidine groups is 1. The molecule has 0 spiro atoms. The number of unbranched alkanes of at least 4 members (excludes halogenated alkanes) is 1. The Bertz CT molecular complexity index is 1240. The lowest BCUT2D eigenvalue weighted by Gasteiger charge is -2.35. The molecule has 2 aromatic heterocycles. The van der Waals surface area contributed by atoms with E-state index in [1.54, 1.807) is 18.3 Å². The van der Waals surface area contributed by atoms with Gasteiger partial charge in [0.25, 0.3) is 11.5 Å². The van der Waals surface area contributed by atoms with Crippen LogP contribution in [0.25, 0.3) is 0 Å². The molecule has 0 unspecified atom stereocenters. The molecule has 1 atom stereocenters. The monoisotopic (exact) mass is 468 g/mol. The number of fused-ring (bicyclic) bond motifs is 1. The predicted molar refractivity (Wildman–Crippen MR) is 127 cm³/mol. The summed E-state index contributed by atoms with van der Waals surface area (Å²) in [4.78, 5) is 43.1. The van der Waals surface area contributed by atoms with Crippen molar-refractivity contribution >= 4 is 11.7 Å². The average Bonchev–Trinajstić information content (AvgIpc) is 3.04. The number of pyridine rings is 1. The zero-order chi connectivity index (χ0) is 24.6. The highest BCUT2D eigenvalue weighted by Crippen LogP contribution is 2.40. The molecule has 34 heavy (non-hydrogen) atoms. The van der Waals surface area contributed by atoms with Crippen LogP contribution in [0, 0.1) is 11.3 Å². The van der Waals surface area contributed by atoms with Crippen LogP contribution in [-0.4, -0.2) is 31.0 Å². The molecule has 10 heteroatoms. The molecule has 0 saturated heterocycles. The lowest BCUT2D eigenvalue weighted by molar-refractivity contribution is 0.0917. The molecule has 0 aromatic carbocycles. The van der Waals surface area contributed by atoms with Gasteiger partial charge in [0, 0.05) is 18.8 Å². The SMILES string of the molecule is CCCCn1c(O)c(C(=N)N)c(=O)n(C2CCC(C[C@@]3(C)NC(=O)c4cccnc43)CC2)c1=O. The number of amides is 1. The van der Waals surface area contributed by atoms with E-state index in [4.69, 9.17) is 11.1 Å². The van der Waals surface area contributed by atoms with E-state index < -0.39 is 28.5 Å². The van der Waals surface area contributed by atoms with Crippen molar-refractivity contribution < 1.29 is 9.90 Å². The van der Waals surface area contributed by atoms with Crippen LogP contribution in [0.2, 0.25) is 0 Å². The van der Waals surface area contributed by atoms with Gasteiger partial charge in [-0.1, -0.05) is 13.3 Å². The number of aromatic hydroxyl groups is 1. The van der Waals surface area contributed by atoms with E-state index in [9.17, 15) is 19.5 Å². The molecule has 1 aliphatic carbocycles. The number of carbonyl (C=O) groups excluding carboxylic acids is 1. The molecule has 3 heterocycles. The summed E-state index contributed by atoms with van der Waals surface area (Å²) in [6.45, 7) is 4.21. The average molecular weight is 469 g/mol. The summed E-state index contributed by atoms with van der Waals surface area (Å²) in [6, 6.07) is 3.21. The van der Waals surface area contributed by atoms with Gasteiger partial charge in [-0.15, -0.1) is 0 Å². The van der Waals surface area contributed by atoms with Gasteiger partial charge in [-0.2, -0.15) is 0 Å². The van der Waals surface area contributed by atoms with Gasteiger partial charge in [0.1, 0.15) is 11.4 Å². The van der Waals surface area contributed by atoms with Gasteiger partial charge in [0.15, 0.2) is 0 Å². The molecule has 1 saturated carbocycles. The fraction of sp³-hybridized carbons (Fsp3) is 0.542. The van der Waals surface area contributed by atoms with Crippen molar-refractivity contribution in [2.24, 2.45) is 11.7 Å². The number of hydrogen-bond donors (Lipinski definition) is 4. The van der Waals surface area contributed by atoms with E-state index in [0.717, 1.165) is 35.9 Å². The normalized spacial score (nSPS) is 24.0. The van der Waals surface area contributed by atoms with E-state index in [-0.39, 0.29) is 30.0 Å². The molecule has 1 aliphatic heterocycles. The Balaban J connectivity index is 1.56. The van der Waals surface area contributed by atoms with Crippen LogP contribution >= 0.6 is 0 Å². The van der Waals surface area contributed by atoms with Gasteiger partial charge in [-0.05, 0) is 63.5 Å². The van der Waals surface area contributed by atoms with Crippen LogP contribution in [0.4, 0.5) is 0 Å². The summed E-state index contributed by atoms with van der Waals surface area (Å²) in [5.41, 5.74) is 4.84. The Morgan fingerprint density at radius 2 is 2.00 bits per heavy atom. The number of carbonyl (C=O) groups is 1. The van der Waals surface area contributed by atoms with Gasteiger partial charge in [-0.25, -0.2) is 4.79 Å². The Labute approximate surface area is 197 Å². The third kappa shape index (κ3) is 4.01. The summed E-state index contributed by atoms with van der Waals surface area (Å²) >= 11 is 0. The second kappa shape index (κ2) is 9.08. The van der Waals surface area contributed by atoms with E-state index in [1.807, 2.05) is 13.8 Å². The number of aromatic nitrogens is 3. The molecule has 1 fully saturated rings. The maximum atomic E-state index is 13.2. The number of rotatable bonds is 7. The largest absolute Gasteiger partial charge is 0.494 e. The zero-order valence-corrected chi connectivity index (χ0v) is 19.6. The smallest absolute Gasteiger partial charge is 0.334 e. The first-order chi connectivity index (χ1) is 16.2. The van der Waals surface area contributed by atoms with Gasteiger partial charge >= 0.3 is 5.69 Å². The third-order valence-corrected chi connectivity index (χ3v) is 7.20. The highest BCUT2D eigenvalue weighted by Gasteiger charge is 2.42. The standard InChI is InChI=1S/C24H32N6O4/c1-3-4-12-29-21(32)17(19(25)26)22(33)30(23(29)34)15-9-7-14(8-10-15)13-24(2)18-16(20(31)28-24)6-5-11-27-18/h5-6,11,14-15,32H,3-4,7-10,12-13H2,1-2H3,(H3,25,26)(H,28,31)/t14?,15?,24-/m1/s1. The third-order valence-electron chi connectivity index (χ3n) is 7.20. The number of nitrogens with zero attached hydrogens (tertiary/aromatic N) is 3. The van der Waals surface area contributed by atoms with Crippen molar-refractivity contribution in [1.82, 2.24) is 19.4 Å². The van der Waals surface area contributed by atoms with Crippen molar-refractivity contribution in [1.29, 1.82) is 5.41 Å². The fourth-order valence-electron chi connectivity index (χ4n) is 5.47. The molecular weight excluding hydrogens is 436 g/mol. The first-order valence-electron chi connectivity index (χ1n) is 11.9. The van der Waals surface area contributed by atoms with Gasteiger partial charge in [-0.3, -0.25) is 29.1 Å². The van der Waals surface area contributed by atoms with Crippen molar-refractivity contribution in [3.63, 3.8) is 0 Å². The van der Waals surface area contributed by atoms with E-state index >= 15 is 0 Å². The fourth-order valence-corrected chi connectivity index (χ4v) is 5.47. The summed E-state index contributed by atoms with van der Waals surface area (Å²) in [7, 11) is 0. The number of nitrogens with two attached hydrogens (primary N) is 1. The molecule has 4 rings (SSSR count). The molecule has 0 radical (unpaired) electrons. The number of nitrogens with one attached hydrogen (secondary N) is 2. The van der Waals surface area contributed by atoms with Crippen LogP contribution in [0.15, 0.2) is 27.9 Å². The maximum absolute atomic E-state index is 13.2. The molecule has 1 amide bonds. The summed E-state index contributed by atoms with van der Waals surface area (Å²) in [5.74, 6) is -0.903. The molecule has 2 aliphatic rings. The Kier molecular flexibility index (Phi) is 6.33. The van der Waals surface area contributed by atoms with E-state index in [2.05, 4.69) is 10.3 Å². The van der Waals surface area contributed by atoms with Gasteiger partial charge in [0.05, 0.1) is 16.8 Å². The van der Waals surface area contributed by atoms with Crippen molar-refractivity contribution in [3.05, 3.63) is 56.0 Å². The first kappa shape index (κ1) is 23.7. The highest BCUT2D eigenvalue weighted by atomic mass is 16.3. The minimum Gasteiger partial charge on any atom is -0.494 e. The van der Waals surface area contributed by atoms with Crippen molar-refractivity contribution in [3.8, 4) is 5.88 Å². The maximum Gasteiger partial charge on any atom is 0.334 e. The molecule has 2 aromatic rings. The van der Waals surface area contributed by atoms with Crippen LogP contribution in [0.3, 0.4) is 0 Å². The van der Waals surface area contributed by atoms with Gasteiger partial charge in [0.2, 0.25) is 5.88 Å². The molecular formula is C24H32N6O4. The first-order valence-corrected chi connectivity index (χ1v) is 11.9. The summed E-state index contributed by atoms with van der Waals surface area (Å²) in [5, 5.41) is 21.3. The quantitative estimate of drug-likeness (QED) is 0.359. The molecule has 10 nitrogen and oxygen atoms in total. The summed E-state index contributed by atoms with van der Waals surface area (Å²) < 4.78 is 2.34. The van der Waals surface area contributed by atoms with Crippen LogP contribution in [0.1, 0.15) is 86.5 Å². The van der Waals surface area contributed by atoms with Crippen LogP contribution < -0.4 is 22.3 Å². The second-order valence-electron chi connectivity index (χ2n) is 9.64. The zero-order valence-electron chi connectivity index (χ0n) is 19.6. The van der Waals surface area contributed by atoms with Gasteiger partial charge < -0.3 is 16.2 Å². The van der Waals surface area contributed by atoms with Crippen LogP contribution in [0.5, 0.6) is 5.88 Å². The Morgan fingerprint density at radius 3 is 2.65 bits per heavy atom. The lowest BCUT2D eigenvalue weighted by Crippen LogP contribution is -2.46. The lowest BCUT2D eigenvalue weighted by atomic mass is 9.77. The number of nitrogen functional groups attached to an aromatic ring is 1. The molecule has 0 bridgehead atoms. The van der Waals surface area contributed by atoms with Crippen molar-refractivity contribution in [2.75, 3.05) is 0 Å². The second-order valence-corrected chi connectivity index (χ2v) is 9.64. The number of hydrogen-bond acceptors (Lipinski definition) is 6. The Morgan fingerprint density at radius 1 is 1.29 bits per heavy atom. The molecule has 182 valence electrons. The van der Waals surface area contributed by atoms with Crippen molar-refractivity contribution in [2.45, 2.75) is 76.9 Å². The topological polar surface area (TPSA) is 156 Å². The van der Waals surface area contributed by atoms with E-state index in [0.29, 0.717) is 24.8 Å². The Hall–Kier alpha value is -3.43. The van der Waals surface area contributed by atoms with Crippen LogP contribution in [-0.2, 0) is 12.1 Å². The minimum absolute atomic E-state index is 0.112.